The van der Waals surface area contributed by atoms with Crippen molar-refractivity contribution in [1.82, 2.24) is 0 Å². The van der Waals surface area contributed by atoms with E-state index >= 15 is 0 Å². The number of hydrogen-bond donors (Lipinski definition) is 1. The Kier molecular flexibility index (Phi) is 5.15. The van der Waals surface area contributed by atoms with E-state index in [0.717, 1.165) is 18.6 Å². The molecule has 0 spiro atoms. The summed E-state index contributed by atoms with van der Waals surface area (Å²) in [6.07, 6.45) is 3.40. The summed E-state index contributed by atoms with van der Waals surface area (Å²) in [7, 11) is 0. The molecular weight excluding hydrogens is 333 g/mol. The van der Waals surface area contributed by atoms with E-state index in [1.807, 2.05) is 0 Å². The molecule has 1 aliphatic heterocycles. The third kappa shape index (κ3) is 3.71. The second kappa shape index (κ2) is 6.89. The SMILES string of the molecule is CCC1(C)COC(O)(C2CCC(c3cc(F)c(F)c(F)c3)CC2)OC1. The minimum Gasteiger partial charge on any atom is -0.343 e. The molecule has 2 fully saturated rings. The molecule has 0 unspecified atom stereocenters. The van der Waals surface area contributed by atoms with Crippen molar-refractivity contribution in [2.45, 2.75) is 57.8 Å². The Labute approximate surface area is 146 Å². The minimum absolute atomic E-state index is 0.0612. The summed E-state index contributed by atoms with van der Waals surface area (Å²) in [5.74, 6) is -5.58. The maximum atomic E-state index is 13.4. The van der Waals surface area contributed by atoms with Gasteiger partial charge in [-0.2, -0.15) is 0 Å². The van der Waals surface area contributed by atoms with Crippen LogP contribution in [-0.2, 0) is 9.47 Å². The van der Waals surface area contributed by atoms with Crippen LogP contribution in [-0.4, -0.2) is 24.3 Å². The molecule has 3 nitrogen and oxygen atoms in total. The smallest absolute Gasteiger partial charge is 0.283 e. The molecule has 1 saturated carbocycles. The van der Waals surface area contributed by atoms with E-state index in [2.05, 4.69) is 13.8 Å². The van der Waals surface area contributed by atoms with Gasteiger partial charge >= 0.3 is 0 Å². The fourth-order valence-electron chi connectivity index (χ4n) is 3.68. The van der Waals surface area contributed by atoms with E-state index < -0.39 is 23.4 Å². The summed E-state index contributed by atoms with van der Waals surface area (Å²) in [4.78, 5) is 0. The molecule has 2 aliphatic rings. The Balaban J connectivity index is 1.62. The predicted octanol–water partition coefficient (Wildman–Crippen LogP) is 4.49. The van der Waals surface area contributed by atoms with Gasteiger partial charge in [0, 0.05) is 11.3 Å². The molecule has 1 aromatic rings. The van der Waals surface area contributed by atoms with Crippen LogP contribution < -0.4 is 0 Å². The van der Waals surface area contributed by atoms with Gasteiger partial charge in [0.25, 0.3) is 5.97 Å². The zero-order valence-electron chi connectivity index (χ0n) is 14.7. The quantitative estimate of drug-likeness (QED) is 0.810. The molecule has 1 saturated heterocycles. The maximum absolute atomic E-state index is 13.4. The first-order valence-corrected chi connectivity index (χ1v) is 8.91. The minimum atomic E-state index is -1.58. The van der Waals surface area contributed by atoms with Gasteiger partial charge < -0.3 is 14.6 Å². The number of ether oxygens (including phenoxy) is 2. The highest BCUT2D eigenvalue weighted by Gasteiger charge is 2.47. The van der Waals surface area contributed by atoms with E-state index in [4.69, 9.17) is 9.47 Å². The van der Waals surface area contributed by atoms with Crippen LogP contribution in [0, 0.1) is 28.8 Å². The first-order chi connectivity index (χ1) is 11.8. The normalized spacial score (nSPS) is 36.4. The summed E-state index contributed by atoms with van der Waals surface area (Å²) in [5.41, 5.74) is 0.373. The van der Waals surface area contributed by atoms with Gasteiger partial charge in [-0.1, -0.05) is 13.8 Å². The van der Waals surface area contributed by atoms with Gasteiger partial charge in [0.15, 0.2) is 17.5 Å². The molecule has 0 bridgehead atoms. The van der Waals surface area contributed by atoms with E-state index in [1.165, 1.54) is 0 Å². The molecule has 0 aromatic heterocycles. The van der Waals surface area contributed by atoms with Gasteiger partial charge in [-0.25, -0.2) is 13.2 Å². The van der Waals surface area contributed by atoms with Crippen LogP contribution >= 0.6 is 0 Å². The molecule has 0 radical (unpaired) electrons. The molecular formula is C19H25F3O3. The third-order valence-corrected chi connectivity index (χ3v) is 5.83. The lowest BCUT2D eigenvalue weighted by molar-refractivity contribution is -0.427. The summed E-state index contributed by atoms with van der Waals surface area (Å²) >= 11 is 0. The number of rotatable bonds is 3. The lowest BCUT2D eigenvalue weighted by Gasteiger charge is -2.46. The summed E-state index contributed by atoms with van der Waals surface area (Å²) in [6, 6.07) is 2.14. The highest BCUT2D eigenvalue weighted by molar-refractivity contribution is 5.23. The Morgan fingerprint density at radius 1 is 1.04 bits per heavy atom. The topological polar surface area (TPSA) is 38.7 Å². The zero-order valence-corrected chi connectivity index (χ0v) is 14.7. The van der Waals surface area contributed by atoms with E-state index in [9.17, 15) is 18.3 Å². The first kappa shape index (κ1) is 18.7. The third-order valence-electron chi connectivity index (χ3n) is 5.83. The Hall–Kier alpha value is -1.11. The standard InChI is InChI=1S/C19H25F3O3/c1-3-18(2)10-24-19(23,25-11-18)14-6-4-12(5-7-14)13-8-15(20)17(22)16(21)9-13/h8-9,12,14,23H,3-7,10-11H2,1-2H3. The number of halogens is 3. The number of aliphatic hydroxyl groups is 1. The molecule has 140 valence electrons. The van der Waals surface area contributed by atoms with Crippen LogP contribution in [0.25, 0.3) is 0 Å². The Morgan fingerprint density at radius 3 is 2.04 bits per heavy atom. The van der Waals surface area contributed by atoms with Crippen molar-refractivity contribution in [3.63, 3.8) is 0 Å². The van der Waals surface area contributed by atoms with E-state index in [1.54, 1.807) is 0 Å². The van der Waals surface area contributed by atoms with Crippen LogP contribution in [0.2, 0.25) is 0 Å². The second-order valence-corrected chi connectivity index (χ2v) is 7.72. The fraction of sp³-hybridized carbons (Fsp3) is 0.684. The molecule has 1 N–H and O–H groups in total. The van der Waals surface area contributed by atoms with Crippen LogP contribution in [0.1, 0.15) is 57.4 Å². The lowest BCUT2D eigenvalue weighted by atomic mass is 9.77. The average molecular weight is 358 g/mol. The van der Waals surface area contributed by atoms with E-state index in [0.29, 0.717) is 44.5 Å². The molecule has 1 aliphatic carbocycles. The molecule has 3 rings (SSSR count). The molecule has 1 aromatic carbocycles. The fourth-order valence-corrected chi connectivity index (χ4v) is 3.68. The highest BCUT2D eigenvalue weighted by Crippen LogP contribution is 2.44. The van der Waals surface area contributed by atoms with Crippen molar-refractivity contribution >= 4 is 0 Å². The summed E-state index contributed by atoms with van der Waals surface area (Å²) in [6.45, 7) is 4.99. The Bertz CT molecular complexity index is 595. The van der Waals surface area contributed by atoms with Crippen molar-refractivity contribution < 1.29 is 27.8 Å². The monoisotopic (exact) mass is 358 g/mol. The number of benzene rings is 1. The predicted molar refractivity (Wildman–Crippen MR) is 86.3 cm³/mol. The molecule has 0 amide bonds. The van der Waals surface area contributed by atoms with Crippen molar-refractivity contribution in [1.29, 1.82) is 0 Å². The van der Waals surface area contributed by atoms with Gasteiger partial charge in [0.1, 0.15) is 0 Å². The van der Waals surface area contributed by atoms with Gasteiger partial charge in [0.2, 0.25) is 0 Å². The van der Waals surface area contributed by atoms with Crippen LogP contribution in [0.3, 0.4) is 0 Å². The summed E-state index contributed by atoms with van der Waals surface area (Å²) < 4.78 is 51.3. The number of hydrogen-bond acceptors (Lipinski definition) is 3. The molecule has 6 heteroatoms. The first-order valence-electron chi connectivity index (χ1n) is 8.91. The van der Waals surface area contributed by atoms with Gasteiger partial charge in [-0.3, -0.25) is 0 Å². The van der Waals surface area contributed by atoms with Crippen molar-refractivity contribution in [3.05, 3.63) is 35.1 Å². The second-order valence-electron chi connectivity index (χ2n) is 7.72. The van der Waals surface area contributed by atoms with Crippen molar-refractivity contribution in [2.75, 3.05) is 13.2 Å². The maximum Gasteiger partial charge on any atom is 0.283 e. The summed E-state index contributed by atoms with van der Waals surface area (Å²) in [5, 5.41) is 10.7. The lowest BCUT2D eigenvalue weighted by Crippen LogP contribution is -2.53. The van der Waals surface area contributed by atoms with Crippen LogP contribution in [0.15, 0.2) is 12.1 Å². The van der Waals surface area contributed by atoms with Gasteiger partial charge in [0.05, 0.1) is 13.2 Å². The molecule has 25 heavy (non-hydrogen) atoms. The average Bonchev–Trinajstić information content (AvgIpc) is 2.62. The van der Waals surface area contributed by atoms with Crippen LogP contribution in [0.4, 0.5) is 13.2 Å². The van der Waals surface area contributed by atoms with Gasteiger partial charge in [-0.15, -0.1) is 0 Å². The van der Waals surface area contributed by atoms with E-state index in [-0.39, 0.29) is 17.3 Å². The molecule has 0 atom stereocenters. The van der Waals surface area contributed by atoms with Crippen molar-refractivity contribution in [2.24, 2.45) is 11.3 Å². The van der Waals surface area contributed by atoms with Crippen molar-refractivity contribution in [3.8, 4) is 0 Å². The molecule has 1 heterocycles. The van der Waals surface area contributed by atoms with Crippen LogP contribution in [0.5, 0.6) is 0 Å². The largest absolute Gasteiger partial charge is 0.343 e. The highest BCUT2D eigenvalue weighted by atomic mass is 19.2. The Morgan fingerprint density at radius 2 is 1.56 bits per heavy atom. The zero-order chi connectivity index (χ0) is 18.2. The van der Waals surface area contributed by atoms with Gasteiger partial charge in [-0.05, 0) is 55.7 Å².